The zero-order chi connectivity index (χ0) is 17.9. The van der Waals surface area contributed by atoms with E-state index < -0.39 is 10.0 Å². The summed E-state index contributed by atoms with van der Waals surface area (Å²) in [6.45, 7) is 2.38. The molecule has 0 saturated heterocycles. The zero-order valence-electron chi connectivity index (χ0n) is 13.9. The van der Waals surface area contributed by atoms with Crippen LogP contribution in [0.5, 0.6) is 5.75 Å². The molecule has 2 N–H and O–H groups in total. The average Bonchev–Trinajstić information content (AvgIpc) is 2.58. The molecule has 1 aliphatic heterocycles. The van der Waals surface area contributed by atoms with E-state index in [1.54, 1.807) is 12.1 Å². The number of anilines is 1. The van der Waals surface area contributed by atoms with E-state index in [2.05, 4.69) is 10.0 Å². The van der Waals surface area contributed by atoms with Crippen LogP contribution < -0.4 is 14.8 Å². The predicted octanol–water partition coefficient (Wildman–Crippen LogP) is 2.24. The molecule has 0 saturated carbocycles. The van der Waals surface area contributed by atoms with Gasteiger partial charge in [0.05, 0.1) is 4.90 Å². The highest BCUT2D eigenvalue weighted by atomic mass is 32.2. The standard InChI is InChI=1S/C18H20N2O4S/c1-13-3-2-4-15(11-13)24-10-9-19-25(22,23)16-6-7-17-14(12-16)5-8-18(21)20-17/h2-4,6-7,11-12,19H,5,8-10H2,1H3,(H,20,21). The quantitative estimate of drug-likeness (QED) is 0.774. The van der Waals surface area contributed by atoms with Crippen molar-refractivity contribution in [3.05, 3.63) is 53.6 Å². The van der Waals surface area contributed by atoms with E-state index in [-0.39, 0.29) is 24.0 Å². The Hall–Kier alpha value is -2.38. The van der Waals surface area contributed by atoms with Crippen LogP contribution in [-0.2, 0) is 21.2 Å². The van der Waals surface area contributed by atoms with Crippen molar-refractivity contribution in [1.82, 2.24) is 4.72 Å². The third kappa shape index (κ3) is 4.37. The van der Waals surface area contributed by atoms with Crippen molar-refractivity contribution >= 4 is 21.6 Å². The van der Waals surface area contributed by atoms with Crippen LogP contribution in [0, 0.1) is 6.92 Å². The van der Waals surface area contributed by atoms with Crippen molar-refractivity contribution < 1.29 is 17.9 Å². The Morgan fingerprint density at radius 1 is 1.16 bits per heavy atom. The van der Waals surface area contributed by atoms with Crippen molar-refractivity contribution in [1.29, 1.82) is 0 Å². The monoisotopic (exact) mass is 360 g/mol. The first kappa shape index (κ1) is 17.4. The SMILES string of the molecule is Cc1cccc(OCCNS(=O)(=O)c2ccc3c(c2)CCC(=O)N3)c1. The second-order valence-corrected chi connectivity index (χ2v) is 7.70. The van der Waals surface area contributed by atoms with Gasteiger partial charge in [-0.3, -0.25) is 4.79 Å². The molecule has 1 heterocycles. The molecule has 2 aromatic carbocycles. The van der Waals surface area contributed by atoms with Crippen LogP contribution in [0.3, 0.4) is 0 Å². The topological polar surface area (TPSA) is 84.5 Å². The molecule has 0 aromatic heterocycles. The molecule has 132 valence electrons. The molecule has 2 aromatic rings. The van der Waals surface area contributed by atoms with Gasteiger partial charge in [0, 0.05) is 18.7 Å². The molecule has 0 fully saturated rings. The molecule has 1 aliphatic rings. The molecule has 0 unspecified atom stereocenters. The first-order chi connectivity index (χ1) is 11.9. The van der Waals surface area contributed by atoms with Gasteiger partial charge in [0.15, 0.2) is 0 Å². The normalized spacial score (nSPS) is 13.9. The summed E-state index contributed by atoms with van der Waals surface area (Å²) in [6, 6.07) is 12.3. The minimum atomic E-state index is -3.61. The maximum Gasteiger partial charge on any atom is 0.240 e. The highest BCUT2D eigenvalue weighted by Crippen LogP contribution is 2.25. The molecule has 3 rings (SSSR count). The predicted molar refractivity (Wildman–Crippen MR) is 95.3 cm³/mol. The molecule has 6 nitrogen and oxygen atoms in total. The van der Waals surface area contributed by atoms with Crippen LogP contribution in [0.2, 0.25) is 0 Å². The fraction of sp³-hybridized carbons (Fsp3) is 0.278. The van der Waals surface area contributed by atoms with Gasteiger partial charge in [-0.1, -0.05) is 12.1 Å². The third-order valence-electron chi connectivity index (χ3n) is 3.93. The van der Waals surface area contributed by atoms with Crippen LogP contribution in [0.1, 0.15) is 17.5 Å². The summed E-state index contributed by atoms with van der Waals surface area (Å²) in [5.74, 6) is 0.665. The van der Waals surface area contributed by atoms with Gasteiger partial charge in [-0.15, -0.1) is 0 Å². The molecule has 0 spiro atoms. The van der Waals surface area contributed by atoms with E-state index in [0.717, 1.165) is 11.1 Å². The number of hydrogen-bond acceptors (Lipinski definition) is 4. The van der Waals surface area contributed by atoms with E-state index in [9.17, 15) is 13.2 Å². The van der Waals surface area contributed by atoms with E-state index >= 15 is 0 Å². The number of amides is 1. The lowest BCUT2D eigenvalue weighted by atomic mass is 10.0. The number of nitrogens with one attached hydrogen (secondary N) is 2. The lowest BCUT2D eigenvalue weighted by molar-refractivity contribution is -0.116. The molecule has 0 radical (unpaired) electrons. The van der Waals surface area contributed by atoms with E-state index in [0.29, 0.717) is 24.3 Å². The van der Waals surface area contributed by atoms with Crippen LogP contribution in [0.15, 0.2) is 47.4 Å². The molecule has 0 atom stereocenters. The lowest BCUT2D eigenvalue weighted by Crippen LogP contribution is -2.28. The van der Waals surface area contributed by atoms with Gasteiger partial charge in [0.1, 0.15) is 12.4 Å². The average molecular weight is 360 g/mol. The molecule has 0 bridgehead atoms. The molecule has 7 heteroatoms. The maximum atomic E-state index is 12.4. The van der Waals surface area contributed by atoms with Gasteiger partial charge in [0.2, 0.25) is 15.9 Å². The van der Waals surface area contributed by atoms with Crippen LogP contribution >= 0.6 is 0 Å². The number of hydrogen-bond donors (Lipinski definition) is 2. The van der Waals surface area contributed by atoms with Crippen LogP contribution in [0.25, 0.3) is 0 Å². The fourth-order valence-corrected chi connectivity index (χ4v) is 3.72. The molecule has 1 amide bonds. The van der Waals surface area contributed by atoms with Crippen LogP contribution in [-0.4, -0.2) is 27.5 Å². The largest absolute Gasteiger partial charge is 0.492 e. The highest BCUT2D eigenvalue weighted by molar-refractivity contribution is 7.89. The molecular weight excluding hydrogens is 340 g/mol. The Morgan fingerprint density at radius 2 is 2.00 bits per heavy atom. The van der Waals surface area contributed by atoms with Gasteiger partial charge >= 0.3 is 0 Å². The number of benzene rings is 2. The summed E-state index contributed by atoms with van der Waals surface area (Å²) >= 11 is 0. The van der Waals surface area contributed by atoms with E-state index in [4.69, 9.17) is 4.74 Å². The number of carbonyl (C=O) groups excluding carboxylic acids is 1. The van der Waals surface area contributed by atoms with Gasteiger partial charge in [-0.25, -0.2) is 13.1 Å². The number of rotatable bonds is 6. The fourth-order valence-electron chi connectivity index (χ4n) is 2.66. The van der Waals surface area contributed by atoms with Crippen molar-refractivity contribution in [2.24, 2.45) is 0 Å². The summed E-state index contributed by atoms with van der Waals surface area (Å²) in [4.78, 5) is 11.6. The second kappa shape index (κ2) is 7.25. The molecule has 25 heavy (non-hydrogen) atoms. The highest BCUT2D eigenvalue weighted by Gasteiger charge is 2.19. The minimum absolute atomic E-state index is 0.0467. The number of sulfonamides is 1. The second-order valence-electron chi connectivity index (χ2n) is 5.93. The van der Waals surface area contributed by atoms with E-state index in [1.807, 2.05) is 31.2 Å². The Kier molecular flexibility index (Phi) is 5.06. The summed E-state index contributed by atoms with van der Waals surface area (Å²) in [6.07, 6.45) is 0.912. The lowest BCUT2D eigenvalue weighted by Gasteiger charge is -2.17. The number of fused-ring (bicyclic) bond motifs is 1. The zero-order valence-corrected chi connectivity index (χ0v) is 14.7. The summed E-state index contributed by atoms with van der Waals surface area (Å²) < 4.78 is 32.9. The number of carbonyl (C=O) groups is 1. The van der Waals surface area contributed by atoms with Crippen molar-refractivity contribution in [3.63, 3.8) is 0 Å². The van der Waals surface area contributed by atoms with Crippen LogP contribution in [0.4, 0.5) is 5.69 Å². The first-order valence-corrected chi connectivity index (χ1v) is 9.54. The summed E-state index contributed by atoms with van der Waals surface area (Å²) in [5, 5.41) is 2.74. The van der Waals surface area contributed by atoms with Crippen molar-refractivity contribution in [2.75, 3.05) is 18.5 Å². The van der Waals surface area contributed by atoms with Crippen molar-refractivity contribution in [3.8, 4) is 5.75 Å². The van der Waals surface area contributed by atoms with Gasteiger partial charge in [-0.2, -0.15) is 0 Å². The minimum Gasteiger partial charge on any atom is -0.492 e. The number of ether oxygens (including phenoxy) is 1. The van der Waals surface area contributed by atoms with Gasteiger partial charge in [0.25, 0.3) is 0 Å². The Labute approximate surface area is 147 Å². The Morgan fingerprint density at radius 3 is 2.80 bits per heavy atom. The first-order valence-electron chi connectivity index (χ1n) is 8.06. The van der Waals surface area contributed by atoms with Gasteiger partial charge in [-0.05, 0) is 54.8 Å². The summed E-state index contributed by atoms with van der Waals surface area (Å²) in [5.41, 5.74) is 2.59. The molecular formula is C18H20N2O4S. The Balaban J connectivity index is 1.59. The Bertz CT molecular complexity index is 894. The smallest absolute Gasteiger partial charge is 0.240 e. The third-order valence-corrected chi connectivity index (χ3v) is 5.39. The maximum absolute atomic E-state index is 12.4. The van der Waals surface area contributed by atoms with E-state index in [1.165, 1.54) is 6.07 Å². The number of aryl methyl sites for hydroxylation is 2. The van der Waals surface area contributed by atoms with Gasteiger partial charge < -0.3 is 10.1 Å². The molecule has 0 aliphatic carbocycles. The van der Waals surface area contributed by atoms with Crippen molar-refractivity contribution in [2.45, 2.75) is 24.7 Å². The summed E-state index contributed by atoms with van der Waals surface area (Å²) in [7, 11) is -3.61.